The highest BCUT2D eigenvalue weighted by molar-refractivity contribution is 9.10. The van der Waals surface area contributed by atoms with E-state index in [1.54, 1.807) is 12.1 Å². The van der Waals surface area contributed by atoms with E-state index in [1.807, 2.05) is 38.4 Å². The molecule has 0 radical (unpaired) electrons. The lowest BCUT2D eigenvalue weighted by molar-refractivity contribution is -0.142. The predicted molar refractivity (Wildman–Crippen MR) is 129 cm³/mol. The summed E-state index contributed by atoms with van der Waals surface area (Å²) >= 11 is 3.48. The van der Waals surface area contributed by atoms with Gasteiger partial charge in [0.15, 0.2) is 17.0 Å². The molecule has 1 amide bonds. The quantitative estimate of drug-likeness (QED) is 0.326. The Bertz CT molecular complexity index is 1420. The number of benzene rings is 1. The molecule has 0 spiro atoms. The number of aryl methyl sites for hydroxylation is 4. The van der Waals surface area contributed by atoms with Crippen LogP contribution >= 0.6 is 15.9 Å². The molecule has 0 saturated heterocycles. The number of hydrogen-bond donors (Lipinski definition) is 1. The molecule has 184 valence electrons. The fourth-order valence-electron chi connectivity index (χ4n) is 3.75. The van der Waals surface area contributed by atoms with Gasteiger partial charge in [0.2, 0.25) is 0 Å². The second kappa shape index (κ2) is 9.44. The van der Waals surface area contributed by atoms with Gasteiger partial charge in [-0.15, -0.1) is 0 Å². The molecule has 0 aliphatic heterocycles. The first kappa shape index (κ1) is 24.9. The smallest absolute Gasteiger partial charge is 0.351 e. The van der Waals surface area contributed by atoms with Crippen molar-refractivity contribution in [1.29, 1.82) is 0 Å². The van der Waals surface area contributed by atoms with Gasteiger partial charge in [-0.1, -0.05) is 12.1 Å². The van der Waals surface area contributed by atoms with Gasteiger partial charge in [0, 0.05) is 30.4 Å². The maximum Gasteiger partial charge on any atom is 0.433 e. The van der Waals surface area contributed by atoms with E-state index in [-0.39, 0.29) is 17.0 Å². The van der Waals surface area contributed by atoms with Gasteiger partial charge in [0.1, 0.15) is 0 Å². The minimum atomic E-state index is -4.68. The van der Waals surface area contributed by atoms with Crippen molar-refractivity contribution in [2.45, 2.75) is 46.8 Å². The van der Waals surface area contributed by atoms with E-state index in [9.17, 15) is 18.0 Å². The molecule has 4 aromatic rings. The van der Waals surface area contributed by atoms with E-state index in [2.05, 4.69) is 36.4 Å². The minimum Gasteiger partial charge on any atom is -0.351 e. The summed E-state index contributed by atoms with van der Waals surface area (Å²) in [5.41, 5.74) is 3.38. The van der Waals surface area contributed by atoms with Gasteiger partial charge in [-0.05, 0) is 73.3 Å². The van der Waals surface area contributed by atoms with Crippen molar-refractivity contribution in [1.82, 2.24) is 29.7 Å². The molecular formula is C24H24BrF3N6O. The second-order valence-electron chi connectivity index (χ2n) is 8.44. The number of fused-ring (bicyclic) bond motifs is 1. The number of carbonyl (C=O) groups excluding carboxylic acids is 1. The van der Waals surface area contributed by atoms with Crippen molar-refractivity contribution in [3.63, 3.8) is 0 Å². The average molecular weight is 549 g/mol. The van der Waals surface area contributed by atoms with Gasteiger partial charge in [0.05, 0.1) is 15.9 Å². The number of nitrogens with one attached hydrogen (secondary N) is 1. The first-order chi connectivity index (χ1) is 16.5. The largest absolute Gasteiger partial charge is 0.433 e. The Balaban J connectivity index is 1.56. The number of rotatable bonds is 6. The molecule has 1 N–H and O–H groups in total. The number of amides is 1. The summed E-state index contributed by atoms with van der Waals surface area (Å²) in [6, 6.07) is 7.59. The third kappa shape index (κ3) is 5.09. The number of alkyl halides is 3. The van der Waals surface area contributed by atoms with Crippen LogP contribution in [0, 0.1) is 27.7 Å². The third-order valence-electron chi connectivity index (χ3n) is 5.88. The van der Waals surface area contributed by atoms with Crippen molar-refractivity contribution in [2.75, 3.05) is 6.54 Å². The summed E-state index contributed by atoms with van der Waals surface area (Å²) in [6.07, 6.45) is -4.08. The standard InChI is InChI=1S/C24H24BrF3N6O/c1-13-6-7-17(10-14(13)2)18-11-20(24(26,27)28)34-21(30-18)12-19(32-34)23(35)29-8-5-9-33-16(4)22(25)15(3)31-33/h6-7,10-12H,5,8-9H2,1-4H3,(H,29,35). The van der Waals surface area contributed by atoms with Crippen LogP contribution < -0.4 is 5.32 Å². The van der Waals surface area contributed by atoms with Crippen LogP contribution in [0.25, 0.3) is 16.9 Å². The highest BCUT2D eigenvalue weighted by Gasteiger charge is 2.35. The number of carbonyl (C=O) groups is 1. The van der Waals surface area contributed by atoms with Crippen LogP contribution in [0.1, 0.15) is 45.1 Å². The Morgan fingerprint density at radius 1 is 1.06 bits per heavy atom. The molecule has 0 unspecified atom stereocenters. The molecule has 11 heteroatoms. The monoisotopic (exact) mass is 548 g/mol. The van der Waals surface area contributed by atoms with E-state index < -0.39 is 17.8 Å². The van der Waals surface area contributed by atoms with Gasteiger partial charge < -0.3 is 5.32 Å². The summed E-state index contributed by atoms with van der Waals surface area (Å²) in [4.78, 5) is 17.0. The molecule has 1 aromatic carbocycles. The Labute approximate surface area is 208 Å². The molecule has 7 nitrogen and oxygen atoms in total. The van der Waals surface area contributed by atoms with E-state index in [0.717, 1.165) is 33.1 Å². The molecule has 3 aromatic heterocycles. The molecular weight excluding hydrogens is 525 g/mol. The predicted octanol–water partition coefficient (Wildman–Crippen LogP) is 5.43. The van der Waals surface area contributed by atoms with Crippen molar-refractivity contribution >= 4 is 27.5 Å². The van der Waals surface area contributed by atoms with Gasteiger partial charge in [-0.3, -0.25) is 9.48 Å². The Morgan fingerprint density at radius 2 is 1.80 bits per heavy atom. The minimum absolute atomic E-state index is 0.0503. The first-order valence-corrected chi connectivity index (χ1v) is 11.8. The zero-order chi connectivity index (χ0) is 25.5. The van der Waals surface area contributed by atoms with Crippen LogP contribution in [-0.2, 0) is 12.7 Å². The number of nitrogens with zero attached hydrogens (tertiary/aromatic N) is 5. The fourth-order valence-corrected chi connectivity index (χ4v) is 4.03. The van der Waals surface area contributed by atoms with Crippen LogP contribution in [0.5, 0.6) is 0 Å². The summed E-state index contributed by atoms with van der Waals surface area (Å²) < 4.78 is 45.0. The zero-order valence-corrected chi connectivity index (χ0v) is 21.3. The van der Waals surface area contributed by atoms with E-state index >= 15 is 0 Å². The third-order valence-corrected chi connectivity index (χ3v) is 7.03. The number of aromatic nitrogens is 5. The van der Waals surface area contributed by atoms with E-state index in [4.69, 9.17) is 0 Å². The average Bonchev–Trinajstić information content (AvgIpc) is 3.33. The molecule has 0 saturated carbocycles. The highest BCUT2D eigenvalue weighted by Crippen LogP contribution is 2.32. The maximum absolute atomic E-state index is 13.8. The van der Waals surface area contributed by atoms with Crippen LogP contribution in [0.3, 0.4) is 0 Å². The van der Waals surface area contributed by atoms with Crippen molar-refractivity contribution in [3.8, 4) is 11.3 Å². The van der Waals surface area contributed by atoms with Crippen molar-refractivity contribution in [3.05, 3.63) is 68.7 Å². The number of halogens is 4. The Morgan fingerprint density at radius 3 is 2.43 bits per heavy atom. The van der Waals surface area contributed by atoms with Crippen LogP contribution in [0.15, 0.2) is 34.8 Å². The van der Waals surface area contributed by atoms with Crippen LogP contribution in [-0.4, -0.2) is 36.8 Å². The lowest BCUT2D eigenvalue weighted by Crippen LogP contribution is -2.26. The molecule has 0 aliphatic carbocycles. The highest BCUT2D eigenvalue weighted by atomic mass is 79.9. The molecule has 0 atom stereocenters. The summed E-state index contributed by atoms with van der Waals surface area (Å²) in [5, 5.41) is 11.0. The molecule has 4 rings (SSSR count). The molecule has 35 heavy (non-hydrogen) atoms. The molecule has 0 fully saturated rings. The van der Waals surface area contributed by atoms with Gasteiger partial charge in [0.25, 0.3) is 5.91 Å². The fraction of sp³-hybridized carbons (Fsp3) is 0.333. The first-order valence-electron chi connectivity index (χ1n) is 11.0. The summed E-state index contributed by atoms with van der Waals surface area (Å²) in [6.45, 7) is 8.55. The SMILES string of the molecule is Cc1ccc(-c2cc(C(F)(F)F)n3nc(C(=O)NCCCn4nc(C)c(Br)c4C)cc3n2)cc1C. The molecule has 0 bridgehead atoms. The second-order valence-corrected chi connectivity index (χ2v) is 9.23. The van der Waals surface area contributed by atoms with Gasteiger partial charge in [-0.25, -0.2) is 9.50 Å². The lowest BCUT2D eigenvalue weighted by Gasteiger charge is -2.11. The zero-order valence-electron chi connectivity index (χ0n) is 19.7. The van der Waals surface area contributed by atoms with Crippen molar-refractivity contribution in [2.24, 2.45) is 0 Å². The lowest BCUT2D eigenvalue weighted by atomic mass is 10.0. The van der Waals surface area contributed by atoms with Gasteiger partial charge >= 0.3 is 6.18 Å². The number of hydrogen-bond acceptors (Lipinski definition) is 4. The normalized spacial score (nSPS) is 11.9. The maximum atomic E-state index is 13.8. The van der Waals surface area contributed by atoms with Crippen LogP contribution in [0.2, 0.25) is 0 Å². The topological polar surface area (TPSA) is 77.1 Å². The van der Waals surface area contributed by atoms with Crippen molar-refractivity contribution < 1.29 is 18.0 Å². The van der Waals surface area contributed by atoms with Gasteiger partial charge in [-0.2, -0.15) is 23.4 Å². The molecule has 3 heterocycles. The Kier molecular flexibility index (Phi) is 6.72. The Hall–Kier alpha value is -3.21. The summed E-state index contributed by atoms with van der Waals surface area (Å²) in [5.74, 6) is -0.564. The summed E-state index contributed by atoms with van der Waals surface area (Å²) in [7, 11) is 0. The molecule has 0 aliphatic rings. The van der Waals surface area contributed by atoms with E-state index in [0.29, 0.717) is 29.6 Å². The van der Waals surface area contributed by atoms with E-state index in [1.165, 1.54) is 6.07 Å². The van der Waals surface area contributed by atoms with Crippen LogP contribution in [0.4, 0.5) is 13.2 Å².